The number of aliphatic imine (C=N–C) groups is 1. The average molecular weight is 864 g/mol. The molecule has 0 unspecified atom stereocenters. The minimum absolute atomic E-state index is 0. The second-order valence-electron chi connectivity index (χ2n) is 11.8. The van der Waals surface area contributed by atoms with E-state index in [2.05, 4.69) is 30.5 Å². The van der Waals surface area contributed by atoms with E-state index >= 15 is 0 Å². The predicted molar refractivity (Wildman–Crippen MR) is 209 cm³/mol. The Balaban J connectivity index is 0.000000259. The maximum Gasteiger partial charge on any atom is 0.337 e. The minimum Gasteiger partial charge on any atom is -0.507 e. The van der Waals surface area contributed by atoms with E-state index < -0.39 is 20.9 Å². The number of carboxylic acid groups (broad SMARTS) is 1. The number of aryl methyl sites for hydroxylation is 2. The molecule has 1 aromatic heterocycles. The number of carbonyl (C=O) groups is 1. The number of primary sulfonamides is 1. The fourth-order valence-electron chi connectivity index (χ4n) is 4.82. The van der Waals surface area contributed by atoms with Gasteiger partial charge in [-0.1, -0.05) is 41.4 Å². The van der Waals surface area contributed by atoms with Gasteiger partial charge in [0, 0.05) is 41.3 Å². The molecule has 0 spiro atoms. The third-order valence-corrected chi connectivity index (χ3v) is 8.90. The third kappa shape index (κ3) is 10.9. The number of nitrogens with zero attached hydrogens (tertiary/aromatic N) is 8. The number of azo groups is 2. The van der Waals surface area contributed by atoms with Crippen LogP contribution in [0.1, 0.15) is 27.2 Å². The number of carboxylic acids is 1. The van der Waals surface area contributed by atoms with Crippen LogP contribution in [0.2, 0.25) is 5.02 Å². The van der Waals surface area contributed by atoms with Gasteiger partial charge in [0.25, 0.3) is 5.69 Å². The summed E-state index contributed by atoms with van der Waals surface area (Å²) in [6.45, 7) is 3.49. The number of nitrogens with two attached hydrogens (primary N) is 1. The number of phenols is 2. The number of para-hydroxylation sites is 1. The fraction of sp³-hybridized carbons (Fsp3) is 0.0541. The van der Waals surface area contributed by atoms with E-state index in [1.807, 2.05) is 18.2 Å². The molecule has 1 heterocycles. The van der Waals surface area contributed by atoms with Crippen LogP contribution in [0.25, 0.3) is 5.69 Å². The number of nitro groups is 1. The number of nitro benzene ring substituents is 1. The van der Waals surface area contributed by atoms with Gasteiger partial charge in [0.05, 0.1) is 37.5 Å². The Hall–Kier alpha value is -6.82. The summed E-state index contributed by atoms with van der Waals surface area (Å²) >= 11 is 5.98. The Kier molecular flexibility index (Phi) is 14.3. The summed E-state index contributed by atoms with van der Waals surface area (Å²) in [7, 11) is -3.99. The van der Waals surface area contributed by atoms with Gasteiger partial charge in [0.15, 0.2) is 5.69 Å². The van der Waals surface area contributed by atoms with Crippen LogP contribution in [0, 0.1) is 24.0 Å². The number of aromatic carboxylic acids is 1. The first kappa shape index (κ1) is 43.9. The smallest absolute Gasteiger partial charge is 0.337 e. The van der Waals surface area contributed by atoms with Crippen molar-refractivity contribution in [2.24, 2.45) is 30.6 Å². The molecule has 0 radical (unpaired) electrons. The number of aromatic hydroxyl groups is 3. The first-order valence-electron chi connectivity index (χ1n) is 16.2. The molecular weight excluding hydrogens is 834 g/mol. The Labute approximate surface area is 345 Å². The molecule has 18 nitrogen and oxygen atoms in total. The van der Waals surface area contributed by atoms with Gasteiger partial charge in [-0.25, -0.2) is 18.4 Å². The van der Waals surface area contributed by atoms with Gasteiger partial charge in [0.1, 0.15) is 28.6 Å². The summed E-state index contributed by atoms with van der Waals surface area (Å²) in [5, 5.41) is 75.7. The maximum absolute atomic E-state index is 11.5. The molecule has 0 saturated heterocycles. The van der Waals surface area contributed by atoms with Gasteiger partial charge in [-0.3, -0.25) is 15.1 Å². The first-order valence-corrected chi connectivity index (χ1v) is 18.1. The Morgan fingerprint density at radius 3 is 2.17 bits per heavy atom. The predicted octanol–water partition coefficient (Wildman–Crippen LogP) is 8.78. The molecule has 21 heteroatoms. The zero-order valence-electron chi connectivity index (χ0n) is 30.1. The Morgan fingerprint density at radius 2 is 1.52 bits per heavy atom. The van der Waals surface area contributed by atoms with Crippen molar-refractivity contribution < 1.29 is 55.9 Å². The van der Waals surface area contributed by atoms with Crippen LogP contribution < -0.4 is 5.14 Å². The first-order chi connectivity index (χ1) is 27.0. The topological polar surface area (TPSA) is 281 Å². The van der Waals surface area contributed by atoms with Crippen molar-refractivity contribution in [3.8, 4) is 23.1 Å². The summed E-state index contributed by atoms with van der Waals surface area (Å²) in [6.07, 6.45) is 1.19. The fourth-order valence-corrected chi connectivity index (χ4v) is 5.56. The molecular formula is C37H30ClCrN9O9S. The van der Waals surface area contributed by atoms with Crippen molar-refractivity contribution in [1.29, 1.82) is 0 Å². The van der Waals surface area contributed by atoms with Gasteiger partial charge in [0.2, 0.25) is 15.9 Å². The van der Waals surface area contributed by atoms with Crippen molar-refractivity contribution in [2.45, 2.75) is 18.7 Å². The molecule has 0 saturated carbocycles. The zero-order valence-corrected chi connectivity index (χ0v) is 32.9. The van der Waals surface area contributed by atoms with Crippen LogP contribution >= 0.6 is 11.6 Å². The average Bonchev–Trinajstić information content (AvgIpc) is 3.46. The quantitative estimate of drug-likeness (QED) is 0.0377. The van der Waals surface area contributed by atoms with Crippen LogP contribution in [0.4, 0.5) is 34.1 Å². The number of non-ortho nitro benzene ring substituents is 1. The zero-order chi connectivity index (χ0) is 41.4. The monoisotopic (exact) mass is 863 g/mol. The standard InChI is InChI=1S/C19H14ClN5O6S.C18H16N4O3.Cr/c20-15-8-13(25(28)29)2-4-16(15)24-23-12-1-5-18(26)11(7-12)10-22-17-9-14(32(21,30)31)3-6-19(17)27;1-11-8-9-15(14(10-11)18(24)25)19-20-16-12(2)21-22(17(16)23)13-6-4-3-5-7-13;/h1-10,26-27H,(H2,21,30,31);3-10,23H,1-2H3,(H,24,25);. The summed E-state index contributed by atoms with van der Waals surface area (Å²) in [4.78, 5) is 25.3. The molecule has 0 aliphatic heterocycles. The Bertz CT molecular complexity index is 2710. The summed E-state index contributed by atoms with van der Waals surface area (Å²) in [5.41, 5.74) is 2.85. The summed E-state index contributed by atoms with van der Waals surface area (Å²) in [6, 6.07) is 25.2. The number of hydrogen-bond acceptors (Lipinski definition) is 14. The number of hydrogen-bond donors (Lipinski definition) is 5. The molecule has 6 aromatic rings. The Morgan fingerprint density at radius 1 is 0.845 bits per heavy atom. The third-order valence-electron chi connectivity index (χ3n) is 7.69. The van der Waals surface area contributed by atoms with E-state index in [-0.39, 0.29) is 84.2 Å². The molecule has 6 N–H and O–H groups in total. The number of sulfonamides is 1. The van der Waals surface area contributed by atoms with Crippen LogP contribution in [-0.4, -0.2) is 55.7 Å². The van der Waals surface area contributed by atoms with Crippen LogP contribution in [0.3, 0.4) is 0 Å². The van der Waals surface area contributed by atoms with Gasteiger partial charge < -0.3 is 20.4 Å². The molecule has 0 aliphatic rings. The van der Waals surface area contributed by atoms with Crippen molar-refractivity contribution in [3.05, 3.63) is 141 Å². The molecule has 0 aliphatic carbocycles. The van der Waals surface area contributed by atoms with Crippen LogP contribution in [0.15, 0.2) is 133 Å². The van der Waals surface area contributed by atoms with Gasteiger partial charge in [-0.05, 0) is 80.6 Å². The molecule has 0 fully saturated rings. The molecule has 5 aromatic carbocycles. The summed E-state index contributed by atoms with van der Waals surface area (Å²) in [5.74, 6) is -1.70. The van der Waals surface area contributed by atoms with Gasteiger partial charge in [-0.15, -0.1) is 15.3 Å². The molecule has 0 amide bonds. The van der Waals surface area contributed by atoms with E-state index in [0.717, 1.165) is 29.8 Å². The largest absolute Gasteiger partial charge is 0.507 e. The van der Waals surface area contributed by atoms with Crippen molar-refractivity contribution >= 4 is 67.9 Å². The molecule has 0 atom stereocenters. The maximum atomic E-state index is 11.5. The second kappa shape index (κ2) is 18.9. The van der Waals surface area contributed by atoms with E-state index in [9.17, 15) is 43.8 Å². The van der Waals surface area contributed by atoms with Gasteiger partial charge >= 0.3 is 5.97 Å². The van der Waals surface area contributed by atoms with Crippen molar-refractivity contribution in [2.75, 3.05) is 0 Å². The number of phenolic OH excluding ortho intramolecular Hbond substituents is 2. The van der Waals surface area contributed by atoms with E-state index in [0.29, 0.717) is 17.1 Å². The number of rotatable bonds is 10. The second-order valence-corrected chi connectivity index (χ2v) is 13.8. The van der Waals surface area contributed by atoms with E-state index in [1.54, 1.807) is 38.1 Å². The van der Waals surface area contributed by atoms with Crippen molar-refractivity contribution in [3.63, 3.8) is 0 Å². The van der Waals surface area contributed by atoms with E-state index in [1.165, 1.54) is 47.3 Å². The molecule has 0 bridgehead atoms. The number of aromatic nitrogens is 2. The SMILES string of the molecule is Cc1ccc(N=Nc2c(C)nn(-c3ccccc3)c2O)c(C(=O)O)c1.NS(=O)(=O)c1ccc(O)c(N=Cc2cc(N=Nc3ccc([N+](=O)[O-])cc3Cl)ccc2O)c1.[Cr]. The number of benzene rings is 5. The van der Waals surface area contributed by atoms with E-state index in [4.69, 9.17) is 16.7 Å². The molecule has 58 heavy (non-hydrogen) atoms. The molecule has 6 rings (SSSR count). The minimum atomic E-state index is -3.99. The summed E-state index contributed by atoms with van der Waals surface area (Å²) < 4.78 is 24.3. The van der Waals surface area contributed by atoms with Crippen molar-refractivity contribution in [1.82, 2.24) is 9.78 Å². The van der Waals surface area contributed by atoms with Crippen LogP contribution in [0.5, 0.6) is 17.4 Å². The number of halogens is 1. The van der Waals surface area contributed by atoms with Crippen LogP contribution in [-0.2, 0) is 27.4 Å². The van der Waals surface area contributed by atoms with Gasteiger partial charge in [-0.2, -0.15) is 14.9 Å². The normalized spacial score (nSPS) is 11.4. The molecule has 296 valence electrons.